The number of hydrogen-bond acceptors (Lipinski definition) is 2. The monoisotopic (exact) mass is 300 g/mol. The Morgan fingerprint density at radius 2 is 2.18 bits per heavy atom. The first-order chi connectivity index (χ1) is 7.95. The summed E-state index contributed by atoms with van der Waals surface area (Å²) in [5.41, 5.74) is 0.223. The van der Waals surface area contributed by atoms with E-state index in [0.29, 0.717) is 11.5 Å². The van der Waals surface area contributed by atoms with Gasteiger partial charge >= 0.3 is 0 Å². The maximum atomic E-state index is 11.9. The van der Waals surface area contributed by atoms with Crippen molar-refractivity contribution in [2.75, 3.05) is 5.33 Å². The van der Waals surface area contributed by atoms with Crippen LogP contribution in [-0.2, 0) is 7.05 Å². The van der Waals surface area contributed by atoms with Gasteiger partial charge in [-0.1, -0.05) is 22.9 Å². The molecular formula is C12H17BrN2O2. The third kappa shape index (κ3) is 3.70. The van der Waals surface area contributed by atoms with Crippen LogP contribution in [0.2, 0.25) is 0 Å². The van der Waals surface area contributed by atoms with Crippen molar-refractivity contribution in [2.24, 2.45) is 13.0 Å². The molecule has 2 atom stereocenters. The summed E-state index contributed by atoms with van der Waals surface area (Å²) in [6.07, 6.45) is 1.59. The number of alkyl halides is 1. The molecule has 0 radical (unpaired) electrons. The molecule has 94 valence electrons. The van der Waals surface area contributed by atoms with Gasteiger partial charge in [0.15, 0.2) is 0 Å². The highest BCUT2D eigenvalue weighted by atomic mass is 79.9. The van der Waals surface area contributed by atoms with Crippen LogP contribution in [0.15, 0.2) is 23.1 Å². The third-order valence-electron chi connectivity index (χ3n) is 2.82. The van der Waals surface area contributed by atoms with Gasteiger partial charge in [0, 0.05) is 36.2 Å². The number of aryl methyl sites for hydroxylation is 1. The molecule has 1 heterocycles. The van der Waals surface area contributed by atoms with Crippen molar-refractivity contribution in [3.8, 4) is 0 Å². The fourth-order valence-electron chi connectivity index (χ4n) is 1.26. The van der Waals surface area contributed by atoms with E-state index in [4.69, 9.17) is 0 Å². The molecule has 1 amide bonds. The van der Waals surface area contributed by atoms with E-state index in [0.717, 1.165) is 5.33 Å². The van der Waals surface area contributed by atoms with Crippen molar-refractivity contribution in [3.63, 3.8) is 0 Å². The summed E-state index contributed by atoms with van der Waals surface area (Å²) in [6.45, 7) is 3.99. The molecule has 4 nitrogen and oxygen atoms in total. The molecular weight excluding hydrogens is 284 g/mol. The molecule has 1 rings (SSSR count). The zero-order chi connectivity index (χ0) is 13.0. The minimum absolute atomic E-state index is 0.0610. The van der Waals surface area contributed by atoms with Gasteiger partial charge < -0.3 is 9.88 Å². The molecule has 1 N–H and O–H groups in total. The quantitative estimate of drug-likeness (QED) is 0.858. The molecule has 17 heavy (non-hydrogen) atoms. The summed E-state index contributed by atoms with van der Waals surface area (Å²) in [4.78, 5) is 23.3. The van der Waals surface area contributed by atoms with E-state index in [9.17, 15) is 9.59 Å². The average Bonchev–Trinajstić information content (AvgIpc) is 2.31. The van der Waals surface area contributed by atoms with Crippen LogP contribution < -0.4 is 10.9 Å². The molecule has 0 aromatic carbocycles. The SMILES string of the molecule is CC(CBr)C(C)NC(=O)c1ccn(C)c(=O)c1. The second-order valence-electron chi connectivity index (χ2n) is 4.26. The number of aromatic nitrogens is 1. The lowest BCUT2D eigenvalue weighted by molar-refractivity contribution is 0.0931. The van der Waals surface area contributed by atoms with Gasteiger partial charge in [0.25, 0.3) is 11.5 Å². The van der Waals surface area contributed by atoms with Gasteiger partial charge in [-0.05, 0) is 18.9 Å². The van der Waals surface area contributed by atoms with Gasteiger partial charge in [0.1, 0.15) is 0 Å². The van der Waals surface area contributed by atoms with E-state index < -0.39 is 0 Å². The van der Waals surface area contributed by atoms with Gasteiger partial charge in [0.05, 0.1) is 0 Å². The number of nitrogens with zero attached hydrogens (tertiary/aromatic N) is 1. The minimum atomic E-state index is -0.206. The van der Waals surface area contributed by atoms with E-state index in [-0.39, 0.29) is 17.5 Å². The minimum Gasteiger partial charge on any atom is -0.349 e. The highest BCUT2D eigenvalue weighted by Gasteiger charge is 2.15. The summed E-state index contributed by atoms with van der Waals surface area (Å²) < 4.78 is 1.43. The highest BCUT2D eigenvalue weighted by Crippen LogP contribution is 2.06. The Bertz CT molecular complexity index is 456. The number of amides is 1. The molecule has 5 heteroatoms. The first-order valence-electron chi connectivity index (χ1n) is 5.49. The van der Waals surface area contributed by atoms with E-state index in [1.54, 1.807) is 19.3 Å². The molecule has 0 aliphatic heterocycles. The summed E-state index contributed by atoms with van der Waals surface area (Å²) in [7, 11) is 1.65. The Hall–Kier alpha value is -1.10. The Balaban J connectivity index is 2.77. The lowest BCUT2D eigenvalue weighted by Crippen LogP contribution is -2.38. The van der Waals surface area contributed by atoms with E-state index >= 15 is 0 Å². The normalized spacial score (nSPS) is 14.1. The van der Waals surface area contributed by atoms with Crippen LogP contribution in [0, 0.1) is 5.92 Å². The molecule has 1 aromatic rings. The maximum Gasteiger partial charge on any atom is 0.251 e. The number of hydrogen-bond donors (Lipinski definition) is 1. The lowest BCUT2D eigenvalue weighted by Gasteiger charge is -2.19. The number of carbonyl (C=O) groups excluding carboxylic acids is 1. The fourth-order valence-corrected chi connectivity index (χ4v) is 1.82. The van der Waals surface area contributed by atoms with Crippen LogP contribution in [0.1, 0.15) is 24.2 Å². The highest BCUT2D eigenvalue weighted by molar-refractivity contribution is 9.09. The summed E-state index contributed by atoms with van der Waals surface area (Å²) in [5.74, 6) is 0.133. The predicted octanol–water partition coefficient (Wildman–Crippen LogP) is 1.53. The standard InChI is InChI=1S/C12H17BrN2O2/c1-8(7-13)9(2)14-12(17)10-4-5-15(3)11(16)6-10/h4-6,8-9H,7H2,1-3H3,(H,14,17). The van der Waals surface area contributed by atoms with Crippen LogP contribution in [0.25, 0.3) is 0 Å². The van der Waals surface area contributed by atoms with Gasteiger partial charge in [-0.2, -0.15) is 0 Å². The number of rotatable bonds is 4. The molecule has 0 saturated heterocycles. The zero-order valence-electron chi connectivity index (χ0n) is 10.2. The van der Waals surface area contributed by atoms with Crippen molar-refractivity contribution in [3.05, 3.63) is 34.2 Å². The average molecular weight is 301 g/mol. The second kappa shape index (κ2) is 6.00. The Labute approximate surface area is 109 Å². The van der Waals surface area contributed by atoms with Crippen LogP contribution in [0.3, 0.4) is 0 Å². The maximum absolute atomic E-state index is 11.9. The van der Waals surface area contributed by atoms with Crippen LogP contribution >= 0.6 is 15.9 Å². The number of carbonyl (C=O) groups is 1. The van der Waals surface area contributed by atoms with E-state index in [1.807, 2.05) is 13.8 Å². The number of pyridine rings is 1. The van der Waals surface area contributed by atoms with Crippen molar-refractivity contribution in [1.29, 1.82) is 0 Å². The van der Waals surface area contributed by atoms with Gasteiger partial charge in [-0.15, -0.1) is 0 Å². The van der Waals surface area contributed by atoms with Crippen LogP contribution in [0.4, 0.5) is 0 Å². The van der Waals surface area contributed by atoms with Crippen molar-refractivity contribution in [2.45, 2.75) is 19.9 Å². The van der Waals surface area contributed by atoms with Gasteiger partial charge in [0.2, 0.25) is 0 Å². The smallest absolute Gasteiger partial charge is 0.251 e. The van der Waals surface area contributed by atoms with E-state index in [1.165, 1.54) is 10.6 Å². The van der Waals surface area contributed by atoms with Crippen molar-refractivity contribution in [1.82, 2.24) is 9.88 Å². The van der Waals surface area contributed by atoms with E-state index in [2.05, 4.69) is 21.2 Å². The van der Waals surface area contributed by atoms with Gasteiger partial charge in [-0.3, -0.25) is 9.59 Å². The topological polar surface area (TPSA) is 51.1 Å². The van der Waals surface area contributed by atoms with Crippen LogP contribution in [-0.4, -0.2) is 21.8 Å². The molecule has 1 aromatic heterocycles. The molecule has 0 aliphatic rings. The lowest BCUT2D eigenvalue weighted by atomic mass is 10.1. The van der Waals surface area contributed by atoms with Crippen LogP contribution in [0.5, 0.6) is 0 Å². The Kier molecular flexibility index (Phi) is 4.93. The van der Waals surface area contributed by atoms with Crippen molar-refractivity contribution >= 4 is 21.8 Å². The second-order valence-corrected chi connectivity index (χ2v) is 4.91. The predicted molar refractivity (Wildman–Crippen MR) is 71.6 cm³/mol. The molecule has 0 fully saturated rings. The zero-order valence-corrected chi connectivity index (χ0v) is 11.8. The molecule has 0 aliphatic carbocycles. The summed E-state index contributed by atoms with van der Waals surface area (Å²) in [6, 6.07) is 3.05. The Morgan fingerprint density at radius 3 is 2.71 bits per heavy atom. The summed E-state index contributed by atoms with van der Waals surface area (Å²) >= 11 is 3.38. The molecule has 0 bridgehead atoms. The summed E-state index contributed by atoms with van der Waals surface area (Å²) in [5, 5.41) is 3.70. The fraction of sp³-hybridized carbons (Fsp3) is 0.500. The number of halogens is 1. The first kappa shape index (κ1) is 14.0. The number of nitrogens with one attached hydrogen (secondary N) is 1. The Morgan fingerprint density at radius 1 is 1.53 bits per heavy atom. The molecule has 2 unspecified atom stereocenters. The first-order valence-corrected chi connectivity index (χ1v) is 6.61. The van der Waals surface area contributed by atoms with Gasteiger partial charge in [-0.25, -0.2) is 0 Å². The molecule has 0 saturated carbocycles. The third-order valence-corrected chi connectivity index (χ3v) is 3.84. The largest absolute Gasteiger partial charge is 0.349 e. The van der Waals surface area contributed by atoms with Crippen molar-refractivity contribution < 1.29 is 4.79 Å². The molecule has 0 spiro atoms.